The number of aryl methyl sites for hydroxylation is 1. The van der Waals surface area contributed by atoms with Crippen LogP contribution < -0.4 is 5.73 Å². The maximum Gasteiger partial charge on any atom is 0.0486 e. The fourth-order valence-electron chi connectivity index (χ4n) is 1.41. The highest BCUT2D eigenvalue weighted by Gasteiger charge is 2.04. The maximum atomic E-state index is 11.6. The summed E-state index contributed by atoms with van der Waals surface area (Å²) in [6.07, 6.45) is 1.04. The molecule has 0 radical (unpaired) electrons. The first-order chi connectivity index (χ1) is 7.11. The summed E-state index contributed by atoms with van der Waals surface area (Å²) in [6, 6.07) is 8.31. The average Bonchev–Trinajstić information content (AvgIpc) is 2.17. The fraction of sp³-hybridized carbons (Fsp3) is 0.500. The number of benzene rings is 1. The van der Waals surface area contributed by atoms with E-state index < -0.39 is 10.8 Å². The van der Waals surface area contributed by atoms with Crippen LogP contribution in [0, 0.1) is 0 Å². The Morgan fingerprint density at radius 2 is 1.80 bits per heavy atom. The molecule has 1 aromatic carbocycles. The molecule has 0 bridgehead atoms. The lowest BCUT2D eigenvalue weighted by Crippen LogP contribution is -2.23. The molecule has 0 spiro atoms. The Bertz CT molecular complexity index is 319. The highest BCUT2D eigenvalue weighted by Crippen LogP contribution is 2.07. The van der Waals surface area contributed by atoms with Gasteiger partial charge >= 0.3 is 0 Å². The molecule has 2 N–H and O–H groups in total. The van der Waals surface area contributed by atoms with Crippen molar-refractivity contribution in [2.45, 2.75) is 32.1 Å². The van der Waals surface area contributed by atoms with Crippen molar-refractivity contribution in [1.82, 2.24) is 0 Å². The van der Waals surface area contributed by atoms with E-state index in [1.54, 1.807) is 0 Å². The Morgan fingerprint density at radius 1 is 1.27 bits per heavy atom. The zero-order valence-electron chi connectivity index (χ0n) is 9.40. The molecule has 3 heteroatoms. The van der Waals surface area contributed by atoms with Crippen molar-refractivity contribution in [1.29, 1.82) is 0 Å². The Labute approximate surface area is 94.3 Å². The van der Waals surface area contributed by atoms with Crippen molar-refractivity contribution in [3.8, 4) is 0 Å². The predicted octanol–water partition coefficient (Wildman–Crippen LogP) is 1.84. The van der Waals surface area contributed by atoms with E-state index in [9.17, 15) is 4.21 Å². The van der Waals surface area contributed by atoms with Gasteiger partial charge in [0.25, 0.3) is 0 Å². The normalized spacial score (nSPS) is 14.9. The van der Waals surface area contributed by atoms with E-state index in [4.69, 9.17) is 5.73 Å². The SMILES string of the molecule is CCc1ccc(CS(=O)CC(C)N)cc1. The van der Waals surface area contributed by atoms with Gasteiger partial charge < -0.3 is 5.73 Å². The molecule has 1 aromatic rings. The first kappa shape index (κ1) is 12.4. The van der Waals surface area contributed by atoms with Crippen LogP contribution in [0.2, 0.25) is 0 Å². The van der Waals surface area contributed by atoms with Crippen molar-refractivity contribution in [3.05, 3.63) is 35.4 Å². The van der Waals surface area contributed by atoms with Gasteiger partial charge in [0, 0.05) is 28.3 Å². The molecule has 15 heavy (non-hydrogen) atoms. The van der Waals surface area contributed by atoms with Gasteiger partial charge in [-0.25, -0.2) is 0 Å². The summed E-state index contributed by atoms with van der Waals surface area (Å²) in [7, 11) is -0.835. The quantitative estimate of drug-likeness (QED) is 0.831. The maximum absolute atomic E-state index is 11.6. The summed E-state index contributed by atoms with van der Waals surface area (Å²) in [5.74, 6) is 1.20. The molecule has 0 heterocycles. The van der Waals surface area contributed by atoms with Gasteiger partial charge in [0.15, 0.2) is 0 Å². The predicted molar refractivity (Wildman–Crippen MR) is 66.2 cm³/mol. The zero-order chi connectivity index (χ0) is 11.3. The molecule has 84 valence electrons. The second-order valence-electron chi connectivity index (χ2n) is 3.90. The first-order valence-corrected chi connectivity index (χ1v) is 6.79. The smallest absolute Gasteiger partial charge is 0.0486 e. The third kappa shape index (κ3) is 4.58. The van der Waals surface area contributed by atoms with E-state index in [0.29, 0.717) is 11.5 Å². The molecule has 0 fully saturated rings. The third-order valence-corrected chi connectivity index (χ3v) is 3.76. The van der Waals surface area contributed by atoms with Crippen molar-refractivity contribution < 1.29 is 4.21 Å². The van der Waals surface area contributed by atoms with E-state index in [0.717, 1.165) is 12.0 Å². The highest BCUT2D eigenvalue weighted by molar-refractivity contribution is 7.84. The molecule has 0 saturated carbocycles. The third-order valence-electron chi connectivity index (χ3n) is 2.21. The van der Waals surface area contributed by atoms with Gasteiger partial charge in [-0.05, 0) is 24.5 Å². The summed E-state index contributed by atoms with van der Waals surface area (Å²) in [4.78, 5) is 0. The van der Waals surface area contributed by atoms with Crippen LogP contribution in [0.5, 0.6) is 0 Å². The average molecular weight is 225 g/mol. The Balaban J connectivity index is 2.53. The Morgan fingerprint density at radius 3 is 2.27 bits per heavy atom. The van der Waals surface area contributed by atoms with Crippen LogP contribution in [0.1, 0.15) is 25.0 Å². The molecular weight excluding hydrogens is 206 g/mol. The summed E-state index contributed by atoms with van der Waals surface area (Å²) in [6.45, 7) is 4.02. The van der Waals surface area contributed by atoms with Crippen molar-refractivity contribution >= 4 is 10.8 Å². The van der Waals surface area contributed by atoms with Crippen LogP contribution in [0.15, 0.2) is 24.3 Å². The molecule has 2 nitrogen and oxygen atoms in total. The van der Waals surface area contributed by atoms with Crippen LogP contribution in [0.4, 0.5) is 0 Å². The van der Waals surface area contributed by atoms with Crippen LogP contribution in [-0.4, -0.2) is 16.0 Å². The van der Waals surface area contributed by atoms with Crippen LogP contribution in [0.25, 0.3) is 0 Å². The molecule has 0 amide bonds. The van der Waals surface area contributed by atoms with Gasteiger partial charge in [0.1, 0.15) is 0 Å². The second-order valence-corrected chi connectivity index (χ2v) is 5.40. The molecule has 0 aliphatic rings. The monoisotopic (exact) mass is 225 g/mol. The Hall–Kier alpha value is -0.670. The van der Waals surface area contributed by atoms with E-state index in [2.05, 4.69) is 31.2 Å². The lowest BCUT2D eigenvalue weighted by atomic mass is 10.1. The van der Waals surface area contributed by atoms with E-state index in [-0.39, 0.29) is 6.04 Å². The molecule has 0 aliphatic heterocycles. The van der Waals surface area contributed by atoms with E-state index >= 15 is 0 Å². The minimum Gasteiger partial charge on any atom is -0.327 e. The van der Waals surface area contributed by atoms with Gasteiger partial charge in [-0.3, -0.25) is 4.21 Å². The standard InChI is InChI=1S/C12H19NOS/c1-3-11-4-6-12(7-5-11)9-15(14)8-10(2)13/h4-7,10H,3,8-9,13H2,1-2H3. The molecule has 2 atom stereocenters. The number of nitrogens with two attached hydrogens (primary N) is 1. The summed E-state index contributed by atoms with van der Waals surface area (Å²) < 4.78 is 11.6. The largest absolute Gasteiger partial charge is 0.327 e. The second kappa shape index (κ2) is 6.03. The lowest BCUT2D eigenvalue weighted by Gasteiger charge is -2.05. The van der Waals surface area contributed by atoms with E-state index in [1.807, 2.05) is 6.92 Å². The van der Waals surface area contributed by atoms with Crippen LogP contribution in [-0.2, 0) is 23.0 Å². The van der Waals surface area contributed by atoms with Gasteiger partial charge in [-0.2, -0.15) is 0 Å². The molecular formula is C12H19NOS. The highest BCUT2D eigenvalue weighted by atomic mass is 32.2. The minimum absolute atomic E-state index is 0.0146. The van der Waals surface area contributed by atoms with Gasteiger partial charge in [-0.1, -0.05) is 31.2 Å². The summed E-state index contributed by atoms with van der Waals surface area (Å²) >= 11 is 0. The number of hydrogen-bond donors (Lipinski definition) is 1. The van der Waals surface area contributed by atoms with Gasteiger partial charge in [0.05, 0.1) is 0 Å². The van der Waals surface area contributed by atoms with Gasteiger partial charge in [-0.15, -0.1) is 0 Å². The number of hydrogen-bond acceptors (Lipinski definition) is 2. The van der Waals surface area contributed by atoms with Crippen LogP contribution >= 0.6 is 0 Å². The molecule has 0 aliphatic carbocycles. The molecule has 0 aromatic heterocycles. The first-order valence-electron chi connectivity index (χ1n) is 5.30. The minimum atomic E-state index is -0.835. The van der Waals surface area contributed by atoms with Crippen LogP contribution in [0.3, 0.4) is 0 Å². The molecule has 2 unspecified atom stereocenters. The molecule has 1 rings (SSSR count). The summed E-state index contributed by atoms with van der Waals surface area (Å²) in [5, 5.41) is 0. The van der Waals surface area contributed by atoms with Gasteiger partial charge in [0.2, 0.25) is 0 Å². The molecule has 0 saturated heterocycles. The van der Waals surface area contributed by atoms with Crippen molar-refractivity contribution in [3.63, 3.8) is 0 Å². The fourth-order valence-corrected chi connectivity index (χ4v) is 2.68. The lowest BCUT2D eigenvalue weighted by molar-refractivity contribution is 0.676. The topological polar surface area (TPSA) is 43.1 Å². The van der Waals surface area contributed by atoms with Crippen molar-refractivity contribution in [2.75, 3.05) is 5.75 Å². The van der Waals surface area contributed by atoms with E-state index in [1.165, 1.54) is 5.56 Å². The Kier molecular flexibility index (Phi) is 4.99. The summed E-state index contributed by atoms with van der Waals surface area (Å²) in [5.41, 5.74) is 8.05. The van der Waals surface area contributed by atoms with Crippen molar-refractivity contribution in [2.24, 2.45) is 5.73 Å². The zero-order valence-corrected chi connectivity index (χ0v) is 10.2. The number of rotatable bonds is 5.